The van der Waals surface area contributed by atoms with Crippen molar-refractivity contribution in [2.45, 2.75) is 52.9 Å². The molecule has 0 aliphatic carbocycles. The summed E-state index contributed by atoms with van der Waals surface area (Å²) in [6.45, 7) is 16.2. The molecule has 1 aliphatic heterocycles. The first kappa shape index (κ1) is 19.8. The zero-order chi connectivity index (χ0) is 18.3. The molecule has 1 atom stereocenters. The lowest BCUT2D eigenvalue weighted by molar-refractivity contribution is 0.206. The molecule has 1 heterocycles. The van der Waals surface area contributed by atoms with E-state index in [1.165, 1.54) is 24.0 Å². The lowest BCUT2D eigenvalue weighted by Gasteiger charge is -2.24. The molecule has 0 saturated heterocycles. The van der Waals surface area contributed by atoms with Crippen LogP contribution in [0, 0.1) is 12.8 Å². The highest BCUT2D eigenvalue weighted by molar-refractivity contribution is 5.38. The molecule has 0 radical (unpaired) electrons. The van der Waals surface area contributed by atoms with Crippen LogP contribution in [-0.4, -0.2) is 37.7 Å². The minimum Gasteiger partial charge on any atom is -0.492 e. The lowest BCUT2D eigenvalue weighted by atomic mass is 9.86. The van der Waals surface area contributed by atoms with Crippen LogP contribution in [0.4, 0.5) is 0 Å². The Morgan fingerprint density at radius 2 is 2.04 bits per heavy atom. The average molecular weight is 345 g/mol. The molecular weight excluding hydrogens is 308 g/mol. The molecule has 3 nitrogen and oxygen atoms in total. The van der Waals surface area contributed by atoms with Gasteiger partial charge in [-0.25, -0.2) is 0 Å². The van der Waals surface area contributed by atoms with E-state index in [0.29, 0.717) is 0 Å². The fourth-order valence-electron chi connectivity index (χ4n) is 3.23. The Hall–Kier alpha value is -1.48. The summed E-state index contributed by atoms with van der Waals surface area (Å²) in [4.78, 5) is 2.49. The molecule has 1 aliphatic rings. The van der Waals surface area contributed by atoms with Gasteiger partial charge in [0, 0.05) is 13.1 Å². The third-order valence-corrected chi connectivity index (χ3v) is 5.12. The number of rotatable bonds is 8. The van der Waals surface area contributed by atoms with Gasteiger partial charge in [0.25, 0.3) is 0 Å². The molecule has 0 saturated carbocycles. The van der Waals surface area contributed by atoms with Gasteiger partial charge < -0.3 is 15.0 Å². The Morgan fingerprint density at radius 3 is 2.64 bits per heavy atom. The highest BCUT2D eigenvalue weighted by Crippen LogP contribution is 2.27. The van der Waals surface area contributed by atoms with Gasteiger partial charge in [0.05, 0.1) is 0 Å². The first-order valence-corrected chi connectivity index (χ1v) is 9.76. The first-order valence-electron chi connectivity index (χ1n) is 9.76. The molecule has 25 heavy (non-hydrogen) atoms. The number of nitrogens with zero attached hydrogens (tertiary/aromatic N) is 1. The van der Waals surface area contributed by atoms with Gasteiger partial charge in [-0.3, -0.25) is 0 Å². The number of benzene rings is 1. The van der Waals surface area contributed by atoms with Gasteiger partial charge in [-0.1, -0.05) is 45.9 Å². The summed E-state index contributed by atoms with van der Waals surface area (Å²) < 4.78 is 6.06. The van der Waals surface area contributed by atoms with Gasteiger partial charge in [0.2, 0.25) is 0 Å². The summed E-state index contributed by atoms with van der Waals surface area (Å²) >= 11 is 0. The van der Waals surface area contributed by atoms with Crippen molar-refractivity contribution >= 4 is 0 Å². The molecule has 1 aromatic rings. The molecule has 1 N–H and O–H groups in total. The predicted octanol–water partition coefficient (Wildman–Crippen LogP) is 4.51. The van der Waals surface area contributed by atoms with E-state index < -0.39 is 0 Å². The third kappa shape index (κ3) is 6.39. The van der Waals surface area contributed by atoms with Crippen molar-refractivity contribution in [2.24, 2.45) is 5.92 Å². The van der Waals surface area contributed by atoms with Crippen LogP contribution in [0.15, 0.2) is 30.5 Å². The summed E-state index contributed by atoms with van der Waals surface area (Å²) in [7, 11) is 0. The van der Waals surface area contributed by atoms with Gasteiger partial charge in [-0.05, 0) is 67.6 Å². The number of hydrogen-bond acceptors (Lipinski definition) is 3. The van der Waals surface area contributed by atoms with E-state index in [0.717, 1.165) is 44.5 Å². The van der Waals surface area contributed by atoms with Gasteiger partial charge in [-0.15, -0.1) is 0 Å². The molecular formula is C22H36N2O. The zero-order valence-corrected chi connectivity index (χ0v) is 16.8. The largest absolute Gasteiger partial charge is 0.492 e. The molecule has 1 aromatic carbocycles. The van der Waals surface area contributed by atoms with E-state index in [9.17, 15) is 0 Å². The van der Waals surface area contributed by atoms with Crippen LogP contribution in [-0.2, 0) is 5.41 Å². The minimum atomic E-state index is 0.186. The maximum Gasteiger partial charge on any atom is 0.122 e. The second kappa shape index (κ2) is 9.28. The standard InChI is InChI=1S/C22H36N2O/c1-6-24(14-11-19-9-12-23-13-10-19)15-16-25-21-8-7-20(17-18(21)2)22(3,4)5/h7-9,12,17,19,23H,6,10-11,13-16H2,1-5H3. The number of ether oxygens (including phenoxy) is 1. The molecule has 0 fully saturated rings. The van der Waals surface area contributed by atoms with Crippen molar-refractivity contribution < 1.29 is 4.74 Å². The number of hydrogen-bond donors (Lipinski definition) is 1. The molecule has 0 spiro atoms. The van der Waals surface area contributed by atoms with E-state index in [4.69, 9.17) is 4.74 Å². The van der Waals surface area contributed by atoms with Crippen LogP contribution in [0.3, 0.4) is 0 Å². The van der Waals surface area contributed by atoms with Gasteiger partial charge >= 0.3 is 0 Å². The van der Waals surface area contributed by atoms with Crippen molar-refractivity contribution in [3.8, 4) is 5.75 Å². The Balaban J connectivity index is 1.78. The fraction of sp³-hybridized carbons (Fsp3) is 0.636. The summed E-state index contributed by atoms with van der Waals surface area (Å²) in [6.07, 6.45) is 6.92. The summed E-state index contributed by atoms with van der Waals surface area (Å²) in [6, 6.07) is 6.59. The molecule has 1 unspecified atom stereocenters. The summed E-state index contributed by atoms with van der Waals surface area (Å²) in [5, 5.41) is 3.27. The maximum atomic E-state index is 6.06. The SMILES string of the molecule is CCN(CCOc1ccc(C(C)(C)C)cc1C)CCC1C=CNCC1. The zero-order valence-electron chi connectivity index (χ0n) is 16.8. The third-order valence-electron chi connectivity index (χ3n) is 5.12. The highest BCUT2D eigenvalue weighted by Gasteiger charge is 2.15. The van der Waals surface area contributed by atoms with Crippen molar-refractivity contribution in [1.82, 2.24) is 10.2 Å². The van der Waals surface area contributed by atoms with Crippen molar-refractivity contribution in [3.63, 3.8) is 0 Å². The van der Waals surface area contributed by atoms with Crippen LogP contribution in [0.1, 0.15) is 51.7 Å². The average Bonchev–Trinajstić information content (AvgIpc) is 2.59. The maximum absolute atomic E-state index is 6.06. The van der Waals surface area contributed by atoms with Crippen molar-refractivity contribution in [3.05, 3.63) is 41.6 Å². The van der Waals surface area contributed by atoms with E-state index in [-0.39, 0.29) is 5.41 Å². The summed E-state index contributed by atoms with van der Waals surface area (Å²) in [5.74, 6) is 1.74. The van der Waals surface area contributed by atoms with Crippen LogP contribution in [0.2, 0.25) is 0 Å². The fourth-order valence-corrected chi connectivity index (χ4v) is 3.23. The van der Waals surface area contributed by atoms with Gasteiger partial charge in [0.1, 0.15) is 12.4 Å². The number of likely N-dealkylation sites (N-methyl/N-ethyl adjacent to an activating group) is 1. The first-order chi connectivity index (χ1) is 11.9. The molecule has 140 valence electrons. The second-order valence-electron chi connectivity index (χ2n) is 8.16. The predicted molar refractivity (Wildman–Crippen MR) is 107 cm³/mol. The van der Waals surface area contributed by atoms with Crippen LogP contribution < -0.4 is 10.1 Å². The number of nitrogens with one attached hydrogen (secondary N) is 1. The molecule has 0 bridgehead atoms. The normalized spacial score (nSPS) is 17.6. The van der Waals surface area contributed by atoms with E-state index in [1.807, 2.05) is 0 Å². The molecule has 0 amide bonds. The molecule has 2 rings (SSSR count). The van der Waals surface area contributed by atoms with E-state index >= 15 is 0 Å². The highest BCUT2D eigenvalue weighted by atomic mass is 16.5. The Morgan fingerprint density at radius 1 is 1.24 bits per heavy atom. The monoisotopic (exact) mass is 344 g/mol. The number of aryl methyl sites for hydroxylation is 1. The van der Waals surface area contributed by atoms with E-state index in [2.05, 4.69) is 75.3 Å². The van der Waals surface area contributed by atoms with Crippen molar-refractivity contribution in [1.29, 1.82) is 0 Å². The van der Waals surface area contributed by atoms with Crippen molar-refractivity contribution in [2.75, 3.05) is 32.8 Å². The Bertz CT molecular complexity index is 560. The van der Waals surface area contributed by atoms with Crippen LogP contribution in [0.5, 0.6) is 5.75 Å². The Kier molecular flexibility index (Phi) is 7.37. The summed E-state index contributed by atoms with van der Waals surface area (Å²) in [5.41, 5.74) is 2.78. The molecule has 0 aromatic heterocycles. The van der Waals surface area contributed by atoms with Gasteiger partial charge in [0.15, 0.2) is 0 Å². The van der Waals surface area contributed by atoms with Crippen LogP contribution >= 0.6 is 0 Å². The molecule has 3 heteroatoms. The van der Waals surface area contributed by atoms with E-state index in [1.54, 1.807) is 0 Å². The second-order valence-corrected chi connectivity index (χ2v) is 8.16. The smallest absolute Gasteiger partial charge is 0.122 e. The lowest BCUT2D eigenvalue weighted by Crippen LogP contribution is -2.31. The topological polar surface area (TPSA) is 24.5 Å². The van der Waals surface area contributed by atoms with Crippen LogP contribution in [0.25, 0.3) is 0 Å². The quantitative estimate of drug-likeness (QED) is 0.751. The van der Waals surface area contributed by atoms with Gasteiger partial charge in [-0.2, -0.15) is 0 Å². The minimum absolute atomic E-state index is 0.186. The Labute approximate surface area is 154 Å². The number of allylic oxidation sites excluding steroid dienone is 1.